The van der Waals surface area contributed by atoms with Crippen LogP contribution >= 0.6 is 0 Å². The van der Waals surface area contributed by atoms with E-state index < -0.39 is 10.0 Å². The number of sulfonamides is 1. The van der Waals surface area contributed by atoms with Crippen molar-refractivity contribution in [2.24, 2.45) is 0 Å². The molecule has 7 nitrogen and oxygen atoms in total. The Kier molecular flexibility index (Phi) is 4.11. The van der Waals surface area contributed by atoms with Gasteiger partial charge >= 0.3 is 6.01 Å². The molecule has 0 bridgehead atoms. The second-order valence-corrected chi connectivity index (χ2v) is 7.67. The van der Waals surface area contributed by atoms with Crippen LogP contribution in [0.3, 0.4) is 0 Å². The fraction of sp³-hybridized carbons (Fsp3) is 0.467. The molecule has 0 aliphatic carbocycles. The molecule has 1 saturated heterocycles. The summed E-state index contributed by atoms with van der Waals surface area (Å²) in [6.07, 6.45) is 0. The van der Waals surface area contributed by atoms with Crippen LogP contribution in [0.1, 0.15) is 17.0 Å². The van der Waals surface area contributed by atoms with Crippen molar-refractivity contribution in [3.63, 3.8) is 0 Å². The van der Waals surface area contributed by atoms with Crippen molar-refractivity contribution in [1.82, 2.24) is 14.5 Å². The van der Waals surface area contributed by atoms with Crippen molar-refractivity contribution >= 4 is 16.0 Å². The van der Waals surface area contributed by atoms with Gasteiger partial charge in [0, 0.05) is 33.1 Å². The number of aromatic nitrogens is 2. The van der Waals surface area contributed by atoms with Gasteiger partial charge < -0.3 is 9.32 Å². The molecule has 0 N–H and O–H groups in total. The van der Waals surface area contributed by atoms with Crippen molar-refractivity contribution in [2.45, 2.75) is 25.7 Å². The Labute approximate surface area is 136 Å². The lowest BCUT2D eigenvalue weighted by molar-refractivity contribution is 0.370. The predicted molar refractivity (Wildman–Crippen MR) is 85.9 cm³/mol. The normalized spacial score (nSPS) is 16.7. The number of nitrogens with zero attached hydrogens (tertiary/aromatic N) is 4. The van der Waals surface area contributed by atoms with Gasteiger partial charge in [-0.1, -0.05) is 17.2 Å². The lowest BCUT2D eigenvalue weighted by Crippen LogP contribution is -2.48. The molecule has 0 unspecified atom stereocenters. The zero-order valence-electron chi connectivity index (χ0n) is 13.5. The minimum Gasteiger partial charge on any atom is -0.408 e. The molecule has 23 heavy (non-hydrogen) atoms. The number of benzene rings is 1. The van der Waals surface area contributed by atoms with Crippen molar-refractivity contribution < 1.29 is 12.8 Å². The van der Waals surface area contributed by atoms with Gasteiger partial charge in [0.15, 0.2) is 0 Å². The van der Waals surface area contributed by atoms with E-state index in [0.717, 1.165) is 11.1 Å². The molecule has 124 valence electrons. The molecule has 1 fully saturated rings. The molecule has 1 aromatic heterocycles. The van der Waals surface area contributed by atoms with Gasteiger partial charge in [0.1, 0.15) is 0 Å². The van der Waals surface area contributed by atoms with Gasteiger partial charge in [-0.3, -0.25) is 0 Å². The highest BCUT2D eigenvalue weighted by Crippen LogP contribution is 2.23. The van der Waals surface area contributed by atoms with Crippen molar-refractivity contribution in [3.8, 4) is 0 Å². The van der Waals surface area contributed by atoms with Crippen LogP contribution in [0.4, 0.5) is 6.01 Å². The summed E-state index contributed by atoms with van der Waals surface area (Å²) < 4.78 is 32.6. The SMILES string of the molecule is Cc1ccc(C)c(S(=O)(=O)N2CCN(c3nnc(C)o3)CC2)c1. The first-order chi connectivity index (χ1) is 10.9. The van der Waals surface area contributed by atoms with Crippen LogP contribution in [0.2, 0.25) is 0 Å². The van der Waals surface area contributed by atoms with Gasteiger partial charge in [-0.25, -0.2) is 8.42 Å². The van der Waals surface area contributed by atoms with E-state index in [9.17, 15) is 8.42 Å². The Bertz CT molecular complexity index is 808. The van der Waals surface area contributed by atoms with Gasteiger partial charge in [-0.15, -0.1) is 5.10 Å². The van der Waals surface area contributed by atoms with Gasteiger partial charge in [-0.2, -0.15) is 4.31 Å². The van der Waals surface area contributed by atoms with Crippen molar-refractivity contribution in [2.75, 3.05) is 31.1 Å². The number of hydrogen-bond donors (Lipinski definition) is 0. The Morgan fingerprint density at radius 3 is 2.35 bits per heavy atom. The average molecular weight is 336 g/mol. The first-order valence-electron chi connectivity index (χ1n) is 7.50. The molecule has 2 heterocycles. The van der Waals surface area contributed by atoms with E-state index in [0.29, 0.717) is 43.0 Å². The third-order valence-corrected chi connectivity index (χ3v) is 6.03. The number of anilines is 1. The van der Waals surface area contributed by atoms with Crippen LogP contribution in [0, 0.1) is 20.8 Å². The van der Waals surface area contributed by atoms with Crippen molar-refractivity contribution in [3.05, 3.63) is 35.2 Å². The molecular weight excluding hydrogens is 316 g/mol. The highest BCUT2D eigenvalue weighted by molar-refractivity contribution is 7.89. The van der Waals surface area contributed by atoms with Gasteiger partial charge in [0.25, 0.3) is 0 Å². The van der Waals surface area contributed by atoms with E-state index in [4.69, 9.17) is 4.42 Å². The lowest BCUT2D eigenvalue weighted by Gasteiger charge is -2.33. The molecule has 1 aromatic carbocycles. The molecule has 8 heteroatoms. The molecule has 0 atom stereocenters. The Morgan fingerprint density at radius 2 is 1.74 bits per heavy atom. The number of rotatable bonds is 3. The summed E-state index contributed by atoms with van der Waals surface area (Å²) in [7, 11) is -3.48. The second-order valence-electron chi connectivity index (χ2n) is 5.76. The predicted octanol–water partition coefficient (Wildman–Crippen LogP) is 1.51. The summed E-state index contributed by atoms with van der Waals surface area (Å²) in [6.45, 7) is 7.32. The standard InChI is InChI=1S/C15H20N4O3S/c1-11-4-5-12(2)14(10-11)23(20,21)19-8-6-18(7-9-19)15-17-16-13(3)22-15/h4-5,10H,6-9H2,1-3H3. The minimum absolute atomic E-state index is 0.389. The first kappa shape index (κ1) is 15.9. The largest absolute Gasteiger partial charge is 0.408 e. The minimum atomic E-state index is -3.48. The maximum atomic E-state index is 12.9. The van der Waals surface area contributed by atoms with Gasteiger partial charge in [0.05, 0.1) is 4.90 Å². The number of piperazine rings is 1. The Balaban J connectivity index is 1.77. The van der Waals surface area contributed by atoms with Gasteiger partial charge in [-0.05, 0) is 31.0 Å². The Morgan fingerprint density at radius 1 is 1.04 bits per heavy atom. The molecule has 3 rings (SSSR count). The highest BCUT2D eigenvalue weighted by Gasteiger charge is 2.30. The van der Waals surface area contributed by atoms with E-state index in [2.05, 4.69) is 10.2 Å². The maximum Gasteiger partial charge on any atom is 0.318 e. The van der Waals surface area contributed by atoms with Crippen molar-refractivity contribution in [1.29, 1.82) is 0 Å². The quantitative estimate of drug-likeness (QED) is 0.845. The highest BCUT2D eigenvalue weighted by atomic mass is 32.2. The van der Waals surface area contributed by atoms with Crippen LogP contribution in [-0.4, -0.2) is 49.1 Å². The molecule has 2 aromatic rings. The second kappa shape index (κ2) is 5.93. The monoisotopic (exact) mass is 336 g/mol. The molecule has 0 saturated carbocycles. The van der Waals surface area contributed by atoms with E-state index in [1.807, 2.05) is 30.9 Å². The third kappa shape index (κ3) is 3.09. The number of aryl methyl sites for hydroxylation is 3. The summed E-state index contributed by atoms with van der Waals surface area (Å²) in [5, 5.41) is 7.79. The molecule has 0 radical (unpaired) electrons. The fourth-order valence-corrected chi connectivity index (χ4v) is 4.39. The lowest BCUT2D eigenvalue weighted by atomic mass is 10.2. The van der Waals surface area contributed by atoms with Crippen LogP contribution in [0.15, 0.2) is 27.5 Å². The van der Waals surface area contributed by atoms with Crippen LogP contribution in [0.5, 0.6) is 0 Å². The van der Waals surface area contributed by atoms with Crippen LogP contribution in [-0.2, 0) is 10.0 Å². The van der Waals surface area contributed by atoms with E-state index in [1.54, 1.807) is 13.0 Å². The smallest absolute Gasteiger partial charge is 0.318 e. The zero-order valence-corrected chi connectivity index (χ0v) is 14.3. The summed E-state index contributed by atoms with van der Waals surface area (Å²) in [5.74, 6) is 0.505. The topological polar surface area (TPSA) is 79.5 Å². The maximum absolute atomic E-state index is 12.9. The Hall–Kier alpha value is -1.93. The van der Waals surface area contributed by atoms with E-state index in [-0.39, 0.29) is 0 Å². The fourth-order valence-electron chi connectivity index (χ4n) is 2.66. The van der Waals surface area contributed by atoms with E-state index >= 15 is 0 Å². The summed E-state index contributed by atoms with van der Waals surface area (Å²) in [5.41, 5.74) is 1.71. The van der Waals surface area contributed by atoms with Crippen LogP contribution in [0.25, 0.3) is 0 Å². The average Bonchev–Trinajstić information content (AvgIpc) is 2.96. The third-order valence-electron chi connectivity index (χ3n) is 3.99. The first-order valence-corrected chi connectivity index (χ1v) is 8.94. The summed E-state index contributed by atoms with van der Waals surface area (Å²) in [4.78, 5) is 2.30. The molecular formula is C15H20N4O3S. The molecule has 1 aliphatic rings. The summed E-state index contributed by atoms with van der Waals surface area (Å²) in [6, 6.07) is 5.95. The molecule has 0 amide bonds. The summed E-state index contributed by atoms with van der Waals surface area (Å²) >= 11 is 0. The zero-order chi connectivity index (χ0) is 16.6. The van der Waals surface area contributed by atoms with Crippen LogP contribution < -0.4 is 4.90 Å². The molecule has 1 aliphatic heterocycles. The number of hydrogen-bond acceptors (Lipinski definition) is 6. The van der Waals surface area contributed by atoms with Gasteiger partial charge in [0.2, 0.25) is 15.9 Å². The molecule has 0 spiro atoms. The van der Waals surface area contributed by atoms with E-state index in [1.165, 1.54) is 4.31 Å².